The van der Waals surface area contributed by atoms with Gasteiger partial charge in [0.15, 0.2) is 6.04 Å². The minimum atomic E-state index is -4.49. The first-order chi connectivity index (χ1) is 13.3. The summed E-state index contributed by atoms with van der Waals surface area (Å²) in [5, 5.41) is 2.63. The monoisotopic (exact) mass is 414 g/mol. The number of nitrogens with zero attached hydrogens (tertiary/aromatic N) is 1. The van der Waals surface area contributed by atoms with Crippen molar-refractivity contribution in [2.24, 2.45) is 0 Å². The number of alkyl halides is 3. The maximum Gasteiger partial charge on any atom is 0.416 e. The van der Waals surface area contributed by atoms with Gasteiger partial charge in [-0.1, -0.05) is 17.7 Å². The molecule has 28 heavy (non-hydrogen) atoms. The number of aromatic nitrogens is 1. The highest BCUT2D eigenvalue weighted by atomic mass is 35.5. The zero-order valence-electron chi connectivity index (χ0n) is 15.3. The summed E-state index contributed by atoms with van der Waals surface area (Å²) in [7, 11) is 0. The van der Waals surface area contributed by atoms with Crippen molar-refractivity contribution < 1.29 is 27.8 Å². The van der Waals surface area contributed by atoms with Gasteiger partial charge in [-0.05, 0) is 31.2 Å². The summed E-state index contributed by atoms with van der Waals surface area (Å²) >= 11 is 5.97. The zero-order valence-corrected chi connectivity index (χ0v) is 16.1. The fraction of sp³-hybridized carbons (Fsp3) is 0.368. The third-order valence-corrected chi connectivity index (χ3v) is 5.33. The van der Waals surface area contributed by atoms with E-state index in [2.05, 4.69) is 15.2 Å². The lowest BCUT2D eigenvalue weighted by Gasteiger charge is -2.31. The Morgan fingerprint density at radius 1 is 1.25 bits per heavy atom. The quantitative estimate of drug-likeness (QED) is 0.803. The van der Waals surface area contributed by atoms with Gasteiger partial charge in [-0.3, -0.25) is 9.69 Å². The first kappa shape index (κ1) is 20.4. The second kappa shape index (κ2) is 8.36. The molecule has 3 N–H and O–H groups in total. The summed E-state index contributed by atoms with van der Waals surface area (Å²) < 4.78 is 38.7. The summed E-state index contributed by atoms with van der Waals surface area (Å²) in [5.41, 5.74) is -0.870. The van der Waals surface area contributed by atoms with E-state index >= 15 is 0 Å². The van der Waals surface area contributed by atoms with Crippen LogP contribution in [0.1, 0.15) is 12.5 Å². The molecule has 0 saturated carbocycles. The van der Waals surface area contributed by atoms with Crippen LogP contribution >= 0.6 is 11.6 Å². The number of amides is 1. The van der Waals surface area contributed by atoms with Crippen LogP contribution in [0.3, 0.4) is 0 Å². The molecule has 1 aliphatic rings. The molecular formula is C19H22ClF3N4O+2. The fourth-order valence-corrected chi connectivity index (χ4v) is 3.44. The van der Waals surface area contributed by atoms with E-state index in [-0.39, 0.29) is 16.6 Å². The maximum atomic E-state index is 12.9. The molecular weight excluding hydrogens is 393 g/mol. The van der Waals surface area contributed by atoms with E-state index in [9.17, 15) is 18.0 Å². The van der Waals surface area contributed by atoms with Crippen molar-refractivity contribution in [1.29, 1.82) is 0 Å². The Morgan fingerprint density at radius 2 is 1.96 bits per heavy atom. The minimum absolute atomic E-state index is 0.0229. The Bertz CT molecular complexity index is 824. The molecule has 1 aliphatic heterocycles. The average molecular weight is 415 g/mol. The van der Waals surface area contributed by atoms with Crippen molar-refractivity contribution in [2.75, 3.05) is 36.4 Å². The molecule has 1 aromatic carbocycles. The Kier molecular flexibility index (Phi) is 6.10. The van der Waals surface area contributed by atoms with Gasteiger partial charge in [-0.2, -0.15) is 13.2 Å². The van der Waals surface area contributed by atoms with Gasteiger partial charge in [0.2, 0.25) is 0 Å². The number of aromatic amines is 1. The van der Waals surface area contributed by atoms with Gasteiger partial charge in [-0.15, -0.1) is 0 Å². The van der Waals surface area contributed by atoms with E-state index in [0.29, 0.717) is 0 Å². The molecule has 0 radical (unpaired) electrons. The van der Waals surface area contributed by atoms with Crippen LogP contribution in [0.25, 0.3) is 0 Å². The third-order valence-electron chi connectivity index (χ3n) is 5.00. The molecule has 2 aromatic rings. The number of piperazine rings is 1. The van der Waals surface area contributed by atoms with Crippen LogP contribution in [-0.2, 0) is 11.0 Å². The number of rotatable bonds is 4. The van der Waals surface area contributed by atoms with E-state index in [1.54, 1.807) is 6.92 Å². The fourth-order valence-electron chi connectivity index (χ4n) is 3.27. The predicted molar refractivity (Wildman–Crippen MR) is 100 cm³/mol. The summed E-state index contributed by atoms with van der Waals surface area (Å²) in [4.78, 5) is 19.1. The van der Waals surface area contributed by atoms with Crippen LogP contribution in [0, 0.1) is 0 Å². The van der Waals surface area contributed by atoms with Crippen molar-refractivity contribution in [3.63, 3.8) is 0 Å². The SMILES string of the molecule is C[C@@H](C(=O)Nc1cc(C(F)(F)F)ccc1Cl)[NH+]1CCN(c2cccc[nH+]2)CC1. The number of carbonyl (C=O) groups is 1. The van der Waals surface area contributed by atoms with Crippen molar-refractivity contribution in [1.82, 2.24) is 0 Å². The Hall–Kier alpha value is -2.32. The summed E-state index contributed by atoms with van der Waals surface area (Å²) in [6.07, 6.45) is -2.63. The lowest BCUT2D eigenvalue weighted by molar-refractivity contribution is -0.914. The van der Waals surface area contributed by atoms with E-state index in [1.165, 1.54) is 0 Å². The van der Waals surface area contributed by atoms with Gasteiger partial charge in [0.25, 0.3) is 11.7 Å². The summed E-state index contributed by atoms with van der Waals surface area (Å²) in [6.45, 7) is 4.81. The molecule has 3 rings (SSSR count). The molecule has 1 atom stereocenters. The van der Waals surface area contributed by atoms with Gasteiger partial charge in [-0.25, -0.2) is 4.98 Å². The second-order valence-corrected chi connectivity index (χ2v) is 7.20. The number of anilines is 2. The standard InChI is InChI=1S/C19H20ClF3N4O/c1-13(26-8-10-27(11-9-26)17-4-2-3-7-24-17)18(28)25-16-12-14(19(21,22)23)5-6-15(16)20/h2-7,12-13H,8-11H2,1H3,(H,25,28)/p+2/t13-/m0/s1. The molecule has 0 unspecified atom stereocenters. The molecule has 1 fully saturated rings. The van der Waals surface area contributed by atoms with Crippen LogP contribution < -0.4 is 20.1 Å². The van der Waals surface area contributed by atoms with E-state index in [4.69, 9.17) is 11.6 Å². The van der Waals surface area contributed by atoms with Crippen LogP contribution in [0.15, 0.2) is 42.6 Å². The first-order valence-corrected chi connectivity index (χ1v) is 9.37. The van der Waals surface area contributed by atoms with Crippen molar-refractivity contribution >= 4 is 29.0 Å². The van der Waals surface area contributed by atoms with Crippen molar-refractivity contribution in [3.8, 4) is 0 Å². The highest BCUT2D eigenvalue weighted by Crippen LogP contribution is 2.33. The highest BCUT2D eigenvalue weighted by Gasteiger charge is 2.34. The Balaban J connectivity index is 1.61. The number of benzene rings is 1. The van der Waals surface area contributed by atoms with E-state index in [1.807, 2.05) is 24.4 Å². The Labute approximate surface area is 166 Å². The van der Waals surface area contributed by atoms with Crippen LogP contribution in [0.2, 0.25) is 5.02 Å². The largest absolute Gasteiger partial charge is 0.416 e. The summed E-state index contributed by atoms with van der Waals surface area (Å²) in [6, 6.07) is 8.37. The van der Waals surface area contributed by atoms with Gasteiger partial charge >= 0.3 is 6.18 Å². The molecule has 2 heterocycles. The van der Waals surface area contributed by atoms with Crippen LogP contribution in [-0.4, -0.2) is 38.1 Å². The maximum absolute atomic E-state index is 12.9. The van der Waals surface area contributed by atoms with Gasteiger partial charge < -0.3 is 10.2 Å². The lowest BCUT2D eigenvalue weighted by atomic mass is 10.1. The first-order valence-electron chi connectivity index (χ1n) is 8.99. The van der Waals surface area contributed by atoms with Gasteiger partial charge in [0.05, 0.1) is 22.5 Å². The van der Waals surface area contributed by atoms with E-state index < -0.39 is 17.8 Å². The molecule has 150 valence electrons. The molecule has 5 nitrogen and oxygen atoms in total. The number of carbonyl (C=O) groups excluding carboxylic acids is 1. The molecule has 1 aromatic heterocycles. The number of halogens is 4. The second-order valence-electron chi connectivity index (χ2n) is 6.80. The van der Waals surface area contributed by atoms with Crippen LogP contribution in [0.4, 0.5) is 24.7 Å². The summed E-state index contributed by atoms with van der Waals surface area (Å²) in [5.74, 6) is 0.672. The molecule has 9 heteroatoms. The van der Waals surface area contributed by atoms with Gasteiger partial charge in [0, 0.05) is 6.07 Å². The normalized spacial score (nSPS) is 16.7. The number of quaternary nitrogens is 1. The third kappa shape index (κ3) is 4.74. The van der Waals surface area contributed by atoms with E-state index in [0.717, 1.165) is 55.1 Å². The number of H-pyrrole nitrogens is 1. The topological polar surface area (TPSA) is 50.9 Å². The predicted octanol–water partition coefficient (Wildman–Crippen LogP) is 1.91. The molecule has 0 bridgehead atoms. The van der Waals surface area contributed by atoms with Crippen molar-refractivity contribution in [3.05, 3.63) is 53.2 Å². The Morgan fingerprint density at radius 3 is 2.57 bits per heavy atom. The van der Waals surface area contributed by atoms with Gasteiger partial charge in [0.1, 0.15) is 26.2 Å². The molecule has 0 spiro atoms. The molecule has 1 amide bonds. The average Bonchev–Trinajstić information content (AvgIpc) is 2.69. The number of pyridine rings is 1. The molecule has 0 aliphatic carbocycles. The highest BCUT2D eigenvalue weighted by molar-refractivity contribution is 6.33. The minimum Gasteiger partial charge on any atom is -0.320 e. The van der Waals surface area contributed by atoms with Crippen molar-refractivity contribution in [2.45, 2.75) is 19.1 Å². The molecule has 1 saturated heterocycles. The lowest BCUT2D eigenvalue weighted by Crippen LogP contribution is -3.19. The number of nitrogens with one attached hydrogen (secondary N) is 3. The van der Waals surface area contributed by atoms with Crippen LogP contribution in [0.5, 0.6) is 0 Å². The zero-order chi connectivity index (χ0) is 20.3. The smallest absolute Gasteiger partial charge is 0.320 e. The number of hydrogen-bond acceptors (Lipinski definition) is 2. The number of hydrogen-bond donors (Lipinski definition) is 2.